The monoisotopic (exact) mass is 368 g/mol. The van der Waals surface area contributed by atoms with Gasteiger partial charge in [0.15, 0.2) is 0 Å². The van der Waals surface area contributed by atoms with Gasteiger partial charge in [-0.1, -0.05) is 0 Å². The minimum absolute atomic E-state index is 0.0495. The fourth-order valence-electron chi connectivity index (χ4n) is 2.99. The number of aromatic nitrogens is 3. The average Bonchev–Trinajstić information content (AvgIpc) is 3.34. The molecule has 0 bridgehead atoms. The van der Waals surface area contributed by atoms with Crippen LogP contribution in [0.3, 0.4) is 0 Å². The molecule has 4 N–H and O–H groups in total. The van der Waals surface area contributed by atoms with Crippen LogP contribution in [0, 0.1) is 5.82 Å². The third kappa shape index (κ3) is 3.03. The van der Waals surface area contributed by atoms with Gasteiger partial charge in [-0.15, -0.1) is 0 Å². The van der Waals surface area contributed by atoms with Gasteiger partial charge in [0.2, 0.25) is 10.0 Å². The van der Waals surface area contributed by atoms with Crippen LogP contribution in [-0.4, -0.2) is 40.8 Å². The molecule has 4 rings (SSSR count). The van der Waals surface area contributed by atoms with Crippen LogP contribution in [0.15, 0.2) is 35.5 Å². The number of sulfonamides is 1. The molecule has 25 heavy (non-hydrogen) atoms. The van der Waals surface area contributed by atoms with Crippen LogP contribution in [0.2, 0.25) is 0 Å². The molecule has 1 aromatic carbocycles. The van der Waals surface area contributed by atoms with Crippen LogP contribution >= 0.6 is 0 Å². The minimum Gasteiger partial charge on any atom is -0.220 e. The summed E-state index contributed by atoms with van der Waals surface area (Å²) in [5.74, 6) is -0.505. The summed E-state index contributed by atoms with van der Waals surface area (Å²) in [6, 6.07) is 3.68. The van der Waals surface area contributed by atoms with E-state index in [2.05, 4.69) is 32.1 Å². The van der Waals surface area contributed by atoms with Gasteiger partial charge in [-0.3, -0.25) is 0 Å². The Morgan fingerprint density at radius 1 is 1.16 bits per heavy atom. The van der Waals surface area contributed by atoms with E-state index in [-0.39, 0.29) is 23.0 Å². The Bertz CT molecular complexity index is 853. The molecule has 2 fully saturated rings. The van der Waals surface area contributed by atoms with E-state index < -0.39 is 22.0 Å². The first kappa shape index (κ1) is 16.5. The molecule has 2 aromatic rings. The van der Waals surface area contributed by atoms with Gasteiger partial charge in [-0.25, -0.2) is 23.7 Å². The lowest BCUT2D eigenvalue weighted by Gasteiger charge is -2.18. The molecule has 0 amide bonds. The average molecular weight is 368 g/mol. The van der Waals surface area contributed by atoms with Gasteiger partial charge in [-0.2, -0.15) is 30.4 Å². The Morgan fingerprint density at radius 2 is 1.88 bits per heavy atom. The summed E-state index contributed by atoms with van der Waals surface area (Å²) in [7, 11) is -3.73. The summed E-state index contributed by atoms with van der Waals surface area (Å²) in [6.07, 6.45) is 3.16. The SMILES string of the molecule is O=S(=O)(c1ccc(F)c(C2NNNN2)c1)N1CCC(n2nccn2)C1. The van der Waals surface area contributed by atoms with Crippen LogP contribution in [0.4, 0.5) is 4.39 Å². The molecule has 134 valence electrons. The maximum atomic E-state index is 14.1. The maximum Gasteiger partial charge on any atom is 0.243 e. The predicted molar refractivity (Wildman–Crippen MR) is 84.1 cm³/mol. The van der Waals surface area contributed by atoms with Gasteiger partial charge in [0.05, 0.1) is 23.3 Å². The number of benzene rings is 1. The summed E-state index contributed by atoms with van der Waals surface area (Å²) in [5.41, 5.74) is 10.8. The van der Waals surface area contributed by atoms with Crippen molar-refractivity contribution in [2.45, 2.75) is 23.5 Å². The lowest BCUT2D eigenvalue weighted by Crippen LogP contribution is -2.33. The standard InChI is InChI=1S/C13H17FN8O2S/c14-12-2-1-10(7-11(12)13-17-19-20-18-13)25(23,24)21-6-3-9(8-21)22-15-4-5-16-22/h1-2,4-5,7,9,13,17-20H,3,6,8H2. The summed E-state index contributed by atoms with van der Waals surface area (Å²) in [4.78, 5) is 1.57. The van der Waals surface area contributed by atoms with Gasteiger partial charge >= 0.3 is 0 Å². The number of nitrogens with zero attached hydrogens (tertiary/aromatic N) is 4. The topological polar surface area (TPSA) is 116 Å². The molecule has 0 saturated carbocycles. The van der Waals surface area contributed by atoms with Gasteiger partial charge < -0.3 is 0 Å². The Balaban J connectivity index is 1.59. The highest BCUT2D eigenvalue weighted by Crippen LogP contribution is 2.28. The first-order valence-corrected chi connectivity index (χ1v) is 9.16. The van der Waals surface area contributed by atoms with Crippen LogP contribution in [0.25, 0.3) is 0 Å². The Hall–Kier alpha value is -1.96. The fourth-order valence-corrected chi connectivity index (χ4v) is 4.52. The molecule has 3 heterocycles. The zero-order chi connectivity index (χ0) is 17.4. The van der Waals surface area contributed by atoms with Gasteiger partial charge in [-0.05, 0) is 24.6 Å². The number of rotatable bonds is 4. The number of nitrogens with one attached hydrogen (secondary N) is 4. The van der Waals surface area contributed by atoms with Crippen molar-refractivity contribution in [2.24, 2.45) is 0 Å². The molecule has 1 unspecified atom stereocenters. The van der Waals surface area contributed by atoms with Crippen molar-refractivity contribution < 1.29 is 12.8 Å². The third-order valence-electron chi connectivity index (χ3n) is 4.30. The van der Waals surface area contributed by atoms with Crippen molar-refractivity contribution in [3.8, 4) is 0 Å². The van der Waals surface area contributed by atoms with Gasteiger partial charge in [0.1, 0.15) is 12.0 Å². The first-order chi connectivity index (χ1) is 12.1. The second-order valence-corrected chi connectivity index (χ2v) is 7.75. The highest BCUT2D eigenvalue weighted by Gasteiger charge is 2.35. The molecule has 1 aromatic heterocycles. The molecule has 2 saturated heterocycles. The van der Waals surface area contributed by atoms with E-state index in [1.807, 2.05) is 0 Å². The van der Waals surface area contributed by atoms with E-state index in [1.54, 1.807) is 12.4 Å². The smallest absolute Gasteiger partial charge is 0.220 e. The number of hydrogen-bond acceptors (Lipinski definition) is 8. The maximum absolute atomic E-state index is 14.1. The van der Waals surface area contributed by atoms with Gasteiger partial charge in [0.25, 0.3) is 0 Å². The lowest BCUT2D eigenvalue weighted by molar-refractivity contribution is 0.402. The molecule has 2 aliphatic heterocycles. The van der Waals surface area contributed by atoms with Crippen molar-refractivity contribution in [1.29, 1.82) is 0 Å². The number of halogens is 1. The van der Waals surface area contributed by atoms with Crippen molar-refractivity contribution in [3.05, 3.63) is 42.0 Å². The normalized spacial score (nSPS) is 22.7. The largest absolute Gasteiger partial charge is 0.243 e. The van der Waals surface area contributed by atoms with E-state index in [0.717, 1.165) is 6.07 Å². The molecule has 0 radical (unpaired) electrons. The van der Waals surface area contributed by atoms with Crippen molar-refractivity contribution in [3.63, 3.8) is 0 Å². The molecule has 1 atom stereocenters. The summed E-state index contributed by atoms with van der Waals surface area (Å²) < 4.78 is 41.3. The van der Waals surface area contributed by atoms with E-state index >= 15 is 0 Å². The number of hydrogen-bond donors (Lipinski definition) is 4. The highest BCUT2D eigenvalue weighted by molar-refractivity contribution is 7.89. The van der Waals surface area contributed by atoms with E-state index in [1.165, 1.54) is 21.2 Å². The Labute approximate surface area is 143 Å². The predicted octanol–water partition coefficient (Wildman–Crippen LogP) is -0.831. The molecule has 2 aliphatic rings. The van der Waals surface area contributed by atoms with Crippen LogP contribution < -0.4 is 21.9 Å². The second kappa shape index (κ2) is 6.40. The molecular weight excluding hydrogens is 351 g/mol. The zero-order valence-corrected chi connectivity index (χ0v) is 13.9. The third-order valence-corrected chi connectivity index (χ3v) is 6.16. The van der Waals surface area contributed by atoms with Crippen molar-refractivity contribution in [2.75, 3.05) is 13.1 Å². The fraction of sp³-hybridized carbons (Fsp3) is 0.385. The Kier molecular flexibility index (Phi) is 4.23. The lowest BCUT2D eigenvalue weighted by atomic mass is 10.1. The minimum atomic E-state index is -3.73. The molecule has 0 aliphatic carbocycles. The van der Waals surface area contributed by atoms with Crippen LogP contribution in [0.1, 0.15) is 24.2 Å². The second-order valence-electron chi connectivity index (χ2n) is 5.81. The van der Waals surface area contributed by atoms with Gasteiger partial charge in [0, 0.05) is 18.7 Å². The Morgan fingerprint density at radius 3 is 2.60 bits per heavy atom. The summed E-state index contributed by atoms with van der Waals surface area (Å²) in [6.45, 7) is 0.650. The van der Waals surface area contributed by atoms with Crippen LogP contribution in [0.5, 0.6) is 0 Å². The van der Waals surface area contributed by atoms with E-state index in [0.29, 0.717) is 13.0 Å². The first-order valence-electron chi connectivity index (χ1n) is 7.72. The zero-order valence-electron chi connectivity index (χ0n) is 13.1. The van der Waals surface area contributed by atoms with Crippen molar-refractivity contribution >= 4 is 10.0 Å². The number of hydrazine groups is 3. The molecule has 0 spiro atoms. The van der Waals surface area contributed by atoms with E-state index in [9.17, 15) is 12.8 Å². The molecular formula is C13H17FN8O2S. The quantitative estimate of drug-likeness (QED) is 0.553. The molecule has 12 heteroatoms. The highest BCUT2D eigenvalue weighted by atomic mass is 32.2. The molecule has 10 nitrogen and oxygen atoms in total. The summed E-state index contributed by atoms with van der Waals surface area (Å²) in [5, 5.41) is 8.14. The summed E-state index contributed by atoms with van der Waals surface area (Å²) >= 11 is 0. The van der Waals surface area contributed by atoms with Crippen molar-refractivity contribution in [1.82, 2.24) is 41.2 Å². The van der Waals surface area contributed by atoms with E-state index in [4.69, 9.17) is 0 Å². The van der Waals surface area contributed by atoms with Crippen LogP contribution in [-0.2, 0) is 10.0 Å².